The summed E-state index contributed by atoms with van der Waals surface area (Å²) >= 11 is 6.39. The van der Waals surface area contributed by atoms with Gasteiger partial charge in [0, 0.05) is 29.3 Å². The summed E-state index contributed by atoms with van der Waals surface area (Å²) in [6, 6.07) is 8.34. The van der Waals surface area contributed by atoms with E-state index < -0.39 is 15.1 Å². The first-order chi connectivity index (χ1) is 14.7. The first-order valence-electron chi connectivity index (χ1n) is 10.5. The number of amides is 1. The van der Waals surface area contributed by atoms with E-state index in [0.717, 1.165) is 18.4 Å². The molecule has 164 valence electrons. The number of H-pyrrole nitrogens is 1. The van der Waals surface area contributed by atoms with Gasteiger partial charge in [0.25, 0.3) is 5.56 Å². The predicted molar refractivity (Wildman–Crippen MR) is 121 cm³/mol. The molecule has 0 radical (unpaired) electrons. The zero-order chi connectivity index (χ0) is 22.3. The Balaban J connectivity index is 1.79. The molecule has 1 atom stereocenters. The number of rotatable bonds is 6. The van der Waals surface area contributed by atoms with Crippen LogP contribution in [0, 0.1) is 0 Å². The fourth-order valence-electron chi connectivity index (χ4n) is 3.82. The van der Waals surface area contributed by atoms with E-state index in [1.165, 1.54) is 6.07 Å². The zero-order valence-corrected chi connectivity index (χ0v) is 19.0. The molecule has 2 aliphatic rings. The summed E-state index contributed by atoms with van der Waals surface area (Å²) in [5, 5.41) is 2.44. The average Bonchev–Trinajstić information content (AvgIpc) is 3.46. The van der Waals surface area contributed by atoms with Crippen molar-refractivity contribution in [3.05, 3.63) is 68.6 Å². The number of nitrogens with one attached hydrogen (secondary N) is 2. The van der Waals surface area contributed by atoms with Gasteiger partial charge in [-0.1, -0.05) is 29.8 Å². The van der Waals surface area contributed by atoms with Crippen LogP contribution in [0.1, 0.15) is 62.3 Å². The van der Waals surface area contributed by atoms with E-state index in [0.29, 0.717) is 35.6 Å². The van der Waals surface area contributed by atoms with E-state index in [9.17, 15) is 18.0 Å². The van der Waals surface area contributed by atoms with Crippen LogP contribution in [0.4, 0.5) is 0 Å². The molecule has 0 spiro atoms. The Hall–Kier alpha value is -2.38. The number of hydrogen-bond acceptors (Lipinski definition) is 4. The molecule has 0 bridgehead atoms. The lowest BCUT2D eigenvalue weighted by Gasteiger charge is -2.15. The maximum absolute atomic E-state index is 12.6. The Kier molecular flexibility index (Phi) is 5.83. The minimum Gasteiger partial charge on any atom is -0.350 e. The van der Waals surface area contributed by atoms with E-state index in [1.54, 1.807) is 26.0 Å². The topological polar surface area (TPSA) is 96.1 Å². The second-order valence-electron chi connectivity index (χ2n) is 8.46. The third-order valence-corrected chi connectivity index (χ3v) is 8.45. The summed E-state index contributed by atoms with van der Waals surface area (Å²) < 4.78 is 25.2. The molecule has 6 nitrogen and oxygen atoms in total. The second-order valence-corrected chi connectivity index (χ2v) is 11.3. The number of aromatic nitrogens is 1. The fraction of sp³-hybridized carbons (Fsp3) is 0.391. The largest absolute Gasteiger partial charge is 0.350 e. The van der Waals surface area contributed by atoms with Crippen molar-refractivity contribution in [1.82, 2.24) is 10.3 Å². The van der Waals surface area contributed by atoms with Gasteiger partial charge in [0.1, 0.15) is 0 Å². The van der Waals surface area contributed by atoms with Crippen molar-refractivity contribution in [1.29, 1.82) is 0 Å². The van der Waals surface area contributed by atoms with Crippen LogP contribution in [-0.2, 0) is 14.6 Å². The van der Waals surface area contributed by atoms with Crippen molar-refractivity contribution in [2.45, 2.75) is 61.6 Å². The molecule has 1 aliphatic heterocycles. The number of sulfone groups is 1. The van der Waals surface area contributed by atoms with Crippen LogP contribution in [0.15, 0.2) is 46.1 Å². The van der Waals surface area contributed by atoms with Crippen molar-refractivity contribution in [3.63, 3.8) is 0 Å². The molecule has 1 saturated carbocycles. The summed E-state index contributed by atoms with van der Waals surface area (Å²) in [7, 11) is -3.53. The van der Waals surface area contributed by atoms with Crippen LogP contribution in [0.2, 0.25) is 5.02 Å². The molecule has 2 fully saturated rings. The van der Waals surface area contributed by atoms with Gasteiger partial charge < -0.3 is 10.3 Å². The minimum absolute atomic E-state index is 0.0189. The van der Waals surface area contributed by atoms with Gasteiger partial charge in [-0.25, -0.2) is 8.42 Å². The Morgan fingerprint density at radius 3 is 2.42 bits per heavy atom. The lowest BCUT2D eigenvalue weighted by atomic mass is 9.98. The standard InChI is InChI=1S/C23H25ClN2O4S/c1-13(2)31(29,30)21-9-5-15(11-19(21)24)18(12-16-6-10-22(27)25-16)20-8-7-17(14-3-4-14)23(28)26-20/h5,7-9,11-14,16H,3-4,6,10H2,1-2H3,(H,25,27)(H,26,28)/b18-12+/t16-/m1/s1. The first-order valence-corrected chi connectivity index (χ1v) is 12.4. The third-order valence-electron chi connectivity index (χ3n) is 5.81. The van der Waals surface area contributed by atoms with E-state index in [1.807, 2.05) is 18.2 Å². The van der Waals surface area contributed by atoms with E-state index in [2.05, 4.69) is 10.3 Å². The molecule has 1 aromatic carbocycles. The summed E-state index contributed by atoms with van der Waals surface area (Å²) in [5.41, 5.74) is 2.64. The van der Waals surface area contributed by atoms with Crippen molar-refractivity contribution in [2.75, 3.05) is 0 Å². The highest BCUT2D eigenvalue weighted by Gasteiger charge is 2.27. The smallest absolute Gasteiger partial charge is 0.251 e. The monoisotopic (exact) mass is 460 g/mol. The molecule has 2 N–H and O–H groups in total. The van der Waals surface area contributed by atoms with Gasteiger partial charge in [0.05, 0.1) is 15.2 Å². The molecule has 2 aromatic rings. The van der Waals surface area contributed by atoms with Crippen LogP contribution >= 0.6 is 11.6 Å². The molecule has 1 aliphatic carbocycles. The van der Waals surface area contributed by atoms with Crippen molar-refractivity contribution < 1.29 is 13.2 Å². The van der Waals surface area contributed by atoms with Crippen molar-refractivity contribution in [2.24, 2.45) is 0 Å². The maximum atomic E-state index is 12.6. The number of hydrogen-bond donors (Lipinski definition) is 2. The SMILES string of the molecule is CC(C)S(=O)(=O)c1ccc(/C(=C\[C@H]2CCC(=O)N2)c2ccc(C3CC3)c(=O)[nH]2)cc1Cl. The highest BCUT2D eigenvalue weighted by atomic mass is 35.5. The van der Waals surface area contributed by atoms with Gasteiger partial charge in [-0.3, -0.25) is 9.59 Å². The molecular weight excluding hydrogens is 436 g/mol. The lowest BCUT2D eigenvalue weighted by Crippen LogP contribution is -2.23. The Bertz CT molecular complexity index is 1230. The van der Waals surface area contributed by atoms with Crippen LogP contribution in [0.25, 0.3) is 5.57 Å². The number of benzene rings is 1. The maximum Gasteiger partial charge on any atom is 0.251 e. The van der Waals surface area contributed by atoms with E-state index in [4.69, 9.17) is 11.6 Å². The molecular formula is C23H25ClN2O4S. The van der Waals surface area contributed by atoms with Crippen LogP contribution in [-0.4, -0.2) is 30.6 Å². The molecule has 1 saturated heterocycles. The van der Waals surface area contributed by atoms with Gasteiger partial charge in [-0.2, -0.15) is 0 Å². The normalized spacial score (nSPS) is 19.7. The number of pyridine rings is 1. The fourth-order valence-corrected chi connectivity index (χ4v) is 5.42. The highest BCUT2D eigenvalue weighted by molar-refractivity contribution is 7.92. The number of carbonyl (C=O) groups excluding carboxylic acids is 1. The van der Waals surface area contributed by atoms with E-state index in [-0.39, 0.29) is 27.4 Å². The molecule has 31 heavy (non-hydrogen) atoms. The van der Waals surface area contributed by atoms with Crippen molar-refractivity contribution in [3.8, 4) is 0 Å². The Morgan fingerprint density at radius 2 is 1.87 bits per heavy atom. The van der Waals surface area contributed by atoms with Gasteiger partial charge in [0.15, 0.2) is 9.84 Å². The Labute approximate surface area is 186 Å². The van der Waals surface area contributed by atoms with Gasteiger partial charge in [-0.15, -0.1) is 0 Å². The third kappa shape index (κ3) is 4.48. The summed E-state index contributed by atoms with van der Waals surface area (Å²) in [5.74, 6) is 0.309. The molecule has 0 unspecified atom stereocenters. The molecule has 2 heterocycles. The number of halogens is 1. The van der Waals surface area contributed by atoms with Crippen molar-refractivity contribution >= 4 is 32.9 Å². The number of carbonyl (C=O) groups is 1. The predicted octanol–water partition coefficient (Wildman–Crippen LogP) is 3.80. The van der Waals surface area contributed by atoms with Gasteiger partial charge in [-0.05, 0) is 62.8 Å². The van der Waals surface area contributed by atoms with Crippen LogP contribution < -0.4 is 10.9 Å². The first kappa shape index (κ1) is 21.8. The quantitative estimate of drug-likeness (QED) is 0.685. The van der Waals surface area contributed by atoms with E-state index >= 15 is 0 Å². The molecule has 1 amide bonds. The minimum atomic E-state index is -3.53. The lowest BCUT2D eigenvalue weighted by molar-refractivity contribution is -0.119. The molecule has 4 rings (SSSR count). The van der Waals surface area contributed by atoms with Crippen LogP contribution in [0.3, 0.4) is 0 Å². The van der Waals surface area contributed by atoms with Gasteiger partial charge in [0.2, 0.25) is 5.91 Å². The molecule has 8 heteroatoms. The second kappa shape index (κ2) is 8.28. The highest BCUT2D eigenvalue weighted by Crippen LogP contribution is 2.38. The molecule has 1 aromatic heterocycles. The summed E-state index contributed by atoms with van der Waals surface area (Å²) in [4.78, 5) is 27.3. The summed E-state index contributed by atoms with van der Waals surface area (Å²) in [6.45, 7) is 3.22. The van der Waals surface area contributed by atoms with Crippen LogP contribution in [0.5, 0.6) is 0 Å². The summed E-state index contributed by atoms with van der Waals surface area (Å²) in [6.07, 6.45) is 5.05. The average molecular weight is 461 g/mol. The Morgan fingerprint density at radius 1 is 1.13 bits per heavy atom. The zero-order valence-electron chi connectivity index (χ0n) is 17.4. The number of aromatic amines is 1. The van der Waals surface area contributed by atoms with Gasteiger partial charge >= 0.3 is 0 Å².